The summed E-state index contributed by atoms with van der Waals surface area (Å²) in [6.07, 6.45) is 1.83. The minimum atomic E-state index is -2.58. The average molecular weight is 138 g/mol. The lowest BCUT2D eigenvalue weighted by Crippen LogP contribution is -2.13. The minimum Gasteiger partial charge on any atom is -0.308 e. The van der Waals surface area contributed by atoms with Crippen molar-refractivity contribution in [1.82, 2.24) is 0 Å². The Bertz CT molecular complexity index is 75.4. The summed E-state index contributed by atoms with van der Waals surface area (Å²) < 4.78 is 22.2. The zero-order chi connectivity index (χ0) is 6.04. The van der Waals surface area contributed by atoms with Crippen molar-refractivity contribution in [3.05, 3.63) is 0 Å². The van der Waals surface area contributed by atoms with E-state index in [4.69, 9.17) is 9.11 Å². The van der Waals surface area contributed by atoms with Crippen molar-refractivity contribution in [2.75, 3.05) is 12.4 Å². The van der Waals surface area contributed by atoms with Gasteiger partial charge in [0.25, 0.3) is 0 Å². The zero-order valence-electron chi connectivity index (χ0n) is 4.54. The highest BCUT2D eigenvalue weighted by Gasteiger charge is 2.20. The van der Waals surface area contributed by atoms with Crippen LogP contribution in [0.15, 0.2) is 0 Å². The smallest absolute Gasteiger partial charge is 0.0836 e. The Kier molecular flexibility index (Phi) is 1.77. The van der Waals surface area contributed by atoms with Crippen LogP contribution in [0.2, 0.25) is 0 Å². The van der Waals surface area contributed by atoms with Crippen molar-refractivity contribution in [3.63, 3.8) is 0 Å². The van der Waals surface area contributed by atoms with Crippen LogP contribution in [0.5, 0.6) is 0 Å². The largest absolute Gasteiger partial charge is 0.308 e. The van der Waals surface area contributed by atoms with Gasteiger partial charge in [0.15, 0.2) is 0 Å². The van der Waals surface area contributed by atoms with Crippen LogP contribution in [0, 0.1) is 0 Å². The first-order chi connectivity index (χ1) is 3.71. The van der Waals surface area contributed by atoms with E-state index in [-0.39, 0.29) is 0 Å². The molecule has 0 amide bonds. The lowest BCUT2D eigenvalue weighted by Gasteiger charge is -2.29. The van der Waals surface area contributed by atoms with E-state index in [9.17, 15) is 0 Å². The summed E-state index contributed by atoms with van der Waals surface area (Å²) in [6, 6.07) is 0. The third kappa shape index (κ3) is 1.63. The molecule has 0 bridgehead atoms. The molecule has 0 atom stereocenters. The maximum Gasteiger partial charge on any atom is 0.0836 e. The highest BCUT2D eigenvalue weighted by Crippen LogP contribution is 2.43. The van der Waals surface area contributed by atoms with Crippen molar-refractivity contribution < 1.29 is 13.3 Å². The summed E-state index contributed by atoms with van der Waals surface area (Å²) in [6.45, 7) is 0.502. The standard InChI is InChI=1S/C4H10O3S/c5-8(6)4-2-1-3-7-8/h5-6H,1-4H2. The van der Waals surface area contributed by atoms with Gasteiger partial charge in [-0.2, -0.15) is 0 Å². The van der Waals surface area contributed by atoms with Gasteiger partial charge in [-0.3, -0.25) is 4.18 Å². The van der Waals surface area contributed by atoms with Crippen molar-refractivity contribution in [3.8, 4) is 0 Å². The second kappa shape index (κ2) is 2.23. The van der Waals surface area contributed by atoms with Gasteiger partial charge in [0.1, 0.15) is 0 Å². The topological polar surface area (TPSA) is 49.7 Å². The molecule has 0 aromatic rings. The molecule has 0 aliphatic carbocycles. The first-order valence-electron chi connectivity index (χ1n) is 2.61. The maximum atomic E-state index is 8.79. The predicted octanol–water partition coefficient (Wildman–Crippen LogP) is 1.46. The van der Waals surface area contributed by atoms with Gasteiger partial charge >= 0.3 is 0 Å². The molecule has 0 aromatic heterocycles. The quantitative estimate of drug-likeness (QED) is 0.532. The van der Waals surface area contributed by atoms with Crippen molar-refractivity contribution in [2.45, 2.75) is 12.8 Å². The summed E-state index contributed by atoms with van der Waals surface area (Å²) >= 11 is 0. The minimum absolute atomic E-state index is 0.424. The third-order valence-corrected chi connectivity index (χ3v) is 2.44. The summed E-state index contributed by atoms with van der Waals surface area (Å²) in [7, 11) is -2.58. The zero-order valence-corrected chi connectivity index (χ0v) is 5.36. The molecule has 0 spiro atoms. The number of hydrogen-bond acceptors (Lipinski definition) is 3. The maximum absolute atomic E-state index is 8.79. The van der Waals surface area contributed by atoms with E-state index >= 15 is 0 Å². The van der Waals surface area contributed by atoms with Crippen LogP contribution in [-0.4, -0.2) is 21.5 Å². The molecular formula is C4H10O3S. The van der Waals surface area contributed by atoms with E-state index < -0.39 is 10.9 Å². The number of hydrogen-bond donors (Lipinski definition) is 2. The van der Waals surface area contributed by atoms with Crippen LogP contribution >= 0.6 is 10.9 Å². The van der Waals surface area contributed by atoms with Crippen molar-refractivity contribution in [1.29, 1.82) is 0 Å². The molecule has 0 saturated carbocycles. The van der Waals surface area contributed by atoms with Gasteiger partial charge in [0, 0.05) is 5.75 Å². The van der Waals surface area contributed by atoms with Gasteiger partial charge in [-0.15, -0.1) is 0 Å². The Morgan fingerprint density at radius 3 is 2.25 bits per heavy atom. The molecule has 1 aliphatic heterocycles. The number of rotatable bonds is 0. The fourth-order valence-electron chi connectivity index (χ4n) is 0.643. The summed E-state index contributed by atoms with van der Waals surface area (Å²) in [4.78, 5) is 0. The van der Waals surface area contributed by atoms with Crippen LogP contribution in [0.4, 0.5) is 0 Å². The normalized spacial score (nSPS) is 31.8. The fourth-order valence-corrected chi connectivity index (χ4v) is 1.73. The average Bonchev–Trinajstić information content (AvgIpc) is 1.65. The monoisotopic (exact) mass is 138 g/mol. The van der Waals surface area contributed by atoms with Crippen LogP contribution in [-0.2, 0) is 4.18 Å². The molecule has 1 saturated heterocycles. The molecule has 1 aliphatic rings. The molecule has 2 N–H and O–H groups in total. The van der Waals surface area contributed by atoms with E-state index in [0.29, 0.717) is 12.4 Å². The highest BCUT2D eigenvalue weighted by molar-refractivity contribution is 8.20. The van der Waals surface area contributed by atoms with E-state index in [1.165, 1.54) is 0 Å². The van der Waals surface area contributed by atoms with Crippen LogP contribution in [0.25, 0.3) is 0 Å². The van der Waals surface area contributed by atoms with E-state index in [1.54, 1.807) is 0 Å². The van der Waals surface area contributed by atoms with Gasteiger partial charge < -0.3 is 9.11 Å². The van der Waals surface area contributed by atoms with E-state index in [2.05, 4.69) is 4.18 Å². The Balaban J connectivity index is 2.33. The molecule has 1 heterocycles. The molecule has 0 radical (unpaired) electrons. The lowest BCUT2D eigenvalue weighted by molar-refractivity contribution is 0.240. The molecular weight excluding hydrogens is 128 g/mol. The second-order valence-electron chi connectivity index (χ2n) is 1.84. The van der Waals surface area contributed by atoms with Crippen molar-refractivity contribution in [2.24, 2.45) is 0 Å². The first kappa shape index (κ1) is 6.35. The molecule has 8 heavy (non-hydrogen) atoms. The predicted molar refractivity (Wildman–Crippen MR) is 32.9 cm³/mol. The Morgan fingerprint density at radius 1 is 1.25 bits per heavy atom. The van der Waals surface area contributed by atoms with Crippen LogP contribution in [0.3, 0.4) is 0 Å². The third-order valence-electron chi connectivity index (χ3n) is 1.08. The highest BCUT2D eigenvalue weighted by atomic mass is 32.3. The van der Waals surface area contributed by atoms with Gasteiger partial charge in [-0.25, -0.2) is 0 Å². The van der Waals surface area contributed by atoms with Crippen molar-refractivity contribution >= 4 is 10.9 Å². The Labute approximate surface area is 50.2 Å². The lowest BCUT2D eigenvalue weighted by atomic mass is 10.4. The Hall–Kier alpha value is 0.230. The molecule has 3 nitrogen and oxygen atoms in total. The summed E-state index contributed by atoms with van der Waals surface area (Å²) in [5.74, 6) is 0.424. The fraction of sp³-hybridized carbons (Fsp3) is 1.00. The molecule has 1 fully saturated rings. The van der Waals surface area contributed by atoms with Gasteiger partial charge in [-0.1, -0.05) is 0 Å². The molecule has 0 unspecified atom stereocenters. The first-order valence-corrected chi connectivity index (χ1v) is 4.25. The van der Waals surface area contributed by atoms with Crippen LogP contribution < -0.4 is 0 Å². The summed E-state index contributed by atoms with van der Waals surface area (Å²) in [5, 5.41) is 0. The molecule has 0 aromatic carbocycles. The van der Waals surface area contributed by atoms with Gasteiger partial charge in [0.2, 0.25) is 0 Å². The SMILES string of the molecule is OS1(O)CCCCO1. The Morgan fingerprint density at radius 2 is 2.00 bits per heavy atom. The molecule has 50 valence electrons. The van der Waals surface area contributed by atoms with Crippen LogP contribution in [0.1, 0.15) is 12.8 Å². The van der Waals surface area contributed by atoms with E-state index in [0.717, 1.165) is 12.8 Å². The molecule has 1 rings (SSSR count). The molecule has 4 heteroatoms. The summed E-state index contributed by atoms with van der Waals surface area (Å²) in [5.41, 5.74) is 0. The second-order valence-corrected chi connectivity index (χ2v) is 3.70. The van der Waals surface area contributed by atoms with Gasteiger partial charge in [-0.05, 0) is 12.8 Å². The van der Waals surface area contributed by atoms with E-state index in [1.807, 2.05) is 0 Å². The van der Waals surface area contributed by atoms with Gasteiger partial charge in [0.05, 0.1) is 17.5 Å².